The third-order valence-corrected chi connectivity index (χ3v) is 20.2. The number of phosphoric acid groups is 2. The van der Waals surface area contributed by atoms with Crippen LogP contribution in [0.2, 0.25) is 0 Å². The minimum absolute atomic E-state index is 0.0942. The van der Waals surface area contributed by atoms with Crippen LogP contribution in [0.15, 0.2) is 134 Å². The van der Waals surface area contributed by atoms with Gasteiger partial charge in [-0.3, -0.25) is 32.5 Å². The molecule has 18 heteroatoms. The highest BCUT2D eigenvalue weighted by atomic mass is 31.2. The van der Waals surface area contributed by atoms with Crippen LogP contribution in [0.1, 0.15) is 367 Å². The van der Waals surface area contributed by atoms with E-state index in [4.69, 9.17) is 32.3 Å². The molecule has 0 amide bonds. The summed E-state index contributed by atoms with van der Waals surface area (Å²) in [4.78, 5) is 58.8. The van der Waals surface area contributed by atoms with E-state index in [-0.39, 0.29) is 19.3 Å². The van der Waals surface area contributed by atoms with Gasteiger partial charge >= 0.3 is 33.6 Å². The molecule has 4 N–H and O–H groups in total. The molecule has 109 heavy (non-hydrogen) atoms. The average molecular weight is 1570 g/mol. The van der Waals surface area contributed by atoms with Crippen molar-refractivity contribution >= 4 is 33.6 Å². The summed E-state index contributed by atoms with van der Waals surface area (Å²) >= 11 is 0. The van der Waals surface area contributed by atoms with Crippen LogP contribution in [-0.4, -0.2) is 95.9 Å². The molecule has 0 radical (unpaired) electrons. The van der Waals surface area contributed by atoms with E-state index in [1.807, 2.05) is 0 Å². The van der Waals surface area contributed by atoms with Crippen molar-refractivity contribution in [3.63, 3.8) is 0 Å². The van der Waals surface area contributed by atoms with Crippen LogP contribution in [-0.2, 0) is 55.8 Å². The average Bonchev–Trinajstić information content (AvgIpc) is 0.916. The Morgan fingerprint density at radius 3 is 0.780 bits per heavy atom. The van der Waals surface area contributed by atoms with Crippen LogP contribution in [0.5, 0.6) is 0 Å². The van der Waals surface area contributed by atoms with Crippen molar-refractivity contribution in [3.05, 3.63) is 134 Å². The maximum absolute atomic E-state index is 13.0. The number of aliphatic hydroxyl groups excluding tert-OH is 2. The number of hydrogen-bond acceptors (Lipinski definition) is 14. The van der Waals surface area contributed by atoms with Crippen LogP contribution in [0, 0.1) is 0 Å². The van der Waals surface area contributed by atoms with Crippen molar-refractivity contribution in [2.75, 3.05) is 39.6 Å². The maximum atomic E-state index is 13.0. The molecule has 5 atom stereocenters. The smallest absolute Gasteiger partial charge is 0.463 e. The minimum Gasteiger partial charge on any atom is -0.463 e. The Hall–Kier alpha value is -4.31. The first-order chi connectivity index (χ1) is 53.2. The lowest BCUT2D eigenvalue weighted by atomic mass is 10.0. The zero-order valence-corrected chi connectivity index (χ0v) is 70.7. The predicted octanol–water partition coefficient (Wildman–Crippen LogP) is 26.2. The molecule has 0 saturated carbocycles. The van der Waals surface area contributed by atoms with Crippen LogP contribution in [0.3, 0.4) is 0 Å². The van der Waals surface area contributed by atoms with E-state index in [1.54, 1.807) is 0 Å². The molecule has 0 fully saturated rings. The van der Waals surface area contributed by atoms with Gasteiger partial charge in [-0.05, 0) is 135 Å². The Kier molecular flexibility index (Phi) is 79.8. The second-order valence-corrected chi connectivity index (χ2v) is 31.8. The van der Waals surface area contributed by atoms with Gasteiger partial charge in [0.25, 0.3) is 0 Å². The number of ether oxygens (including phenoxy) is 3. The van der Waals surface area contributed by atoms with E-state index in [0.717, 1.165) is 154 Å². The number of hydrogen-bond donors (Lipinski definition) is 4. The molecule has 0 aromatic heterocycles. The van der Waals surface area contributed by atoms with Gasteiger partial charge in [0.05, 0.1) is 26.4 Å². The highest BCUT2D eigenvalue weighted by molar-refractivity contribution is 7.47. The van der Waals surface area contributed by atoms with Crippen molar-refractivity contribution in [2.24, 2.45) is 0 Å². The monoisotopic (exact) mass is 1570 g/mol. The number of allylic oxidation sites excluding steroid dienone is 22. The lowest BCUT2D eigenvalue weighted by Crippen LogP contribution is -2.30. The molecular weight excluding hydrogens is 1410 g/mol. The largest absolute Gasteiger partial charge is 0.472 e. The van der Waals surface area contributed by atoms with Gasteiger partial charge in [-0.25, -0.2) is 9.13 Å². The molecule has 0 heterocycles. The molecule has 0 aliphatic carbocycles. The SMILES string of the molecule is CC/C=C\C/C=C\C/C=C\C/C=C\C/C=C\CCCCCCCCCCCCCCCCCC(=O)OCC(O)COP(=O)(O)OCC(O)COP(=O)(O)OCC(COC(=O)CCCCCCCCCCCCCCC/C=C\C/C=C\C/C=C\C/C=C\C/C=C\CC)OC(=O)CCCCCCC/C=C\CCCCCC. The molecule has 0 aliphatic heterocycles. The molecular formula is C91H158O16P2. The van der Waals surface area contributed by atoms with Gasteiger partial charge in [0.15, 0.2) is 6.10 Å². The fraction of sp³-hybridized carbons (Fsp3) is 0.725. The van der Waals surface area contributed by atoms with E-state index in [1.165, 1.54) is 154 Å². The summed E-state index contributed by atoms with van der Waals surface area (Å²) in [5, 5.41) is 20.7. The molecule has 0 rings (SSSR count). The molecule has 5 unspecified atom stereocenters. The summed E-state index contributed by atoms with van der Waals surface area (Å²) in [7, 11) is -9.79. The maximum Gasteiger partial charge on any atom is 0.472 e. The Labute approximate surface area is 665 Å². The highest BCUT2D eigenvalue weighted by Crippen LogP contribution is 2.45. The first kappa shape index (κ1) is 105. The Morgan fingerprint density at radius 1 is 0.266 bits per heavy atom. The first-order valence-corrected chi connectivity index (χ1v) is 46.5. The first-order valence-electron chi connectivity index (χ1n) is 43.5. The molecule has 0 spiro atoms. The second kappa shape index (κ2) is 83.1. The van der Waals surface area contributed by atoms with Crippen molar-refractivity contribution in [2.45, 2.75) is 386 Å². The van der Waals surface area contributed by atoms with Gasteiger partial charge in [-0.15, -0.1) is 0 Å². The topological polar surface area (TPSA) is 231 Å². The minimum atomic E-state index is -4.93. The van der Waals surface area contributed by atoms with Crippen molar-refractivity contribution < 1.29 is 75.8 Å². The quantitative estimate of drug-likeness (QED) is 0.0146. The number of phosphoric ester groups is 2. The molecule has 0 aromatic rings. The van der Waals surface area contributed by atoms with E-state index in [0.29, 0.717) is 19.3 Å². The summed E-state index contributed by atoms with van der Waals surface area (Å²) in [5.41, 5.74) is 0. The molecule has 628 valence electrons. The molecule has 0 aliphatic rings. The van der Waals surface area contributed by atoms with E-state index in [9.17, 15) is 43.5 Å². The van der Waals surface area contributed by atoms with Crippen LogP contribution in [0.25, 0.3) is 0 Å². The Bertz CT molecular complexity index is 2510. The lowest BCUT2D eigenvalue weighted by Gasteiger charge is -2.21. The predicted molar refractivity (Wildman–Crippen MR) is 454 cm³/mol. The molecule has 16 nitrogen and oxygen atoms in total. The van der Waals surface area contributed by atoms with Crippen LogP contribution < -0.4 is 0 Å². The Morgan fingerprint density at radius 2 is 0.486 bits per heavy atom. The van der Waals surface area contributed by atoms with E-state index < -0.39 is 91.5 Å². The van der Waals surface area contributed by atoms with E-state index >= 15 is 0 Å². The summed E-state index contributed by atoms with van der Waals surface area (Å²) in [6.07, 6.45) is 102. The number of rotatable bonds is 82. The third-order valence-electron chi connectivity index (χ3n) is 18.3. The zero-order chi connectivity index (χ0) is 79.4. The van der Waals surface area contributed by atoms with Crippen LogP contribution >= 0.6 is 15.6 Å². The van der Waals surface area contributed by atoms with Crippen LogP contribution in [0.4, 0.5) is 0 Å². The van der Waals surface area contributed by atoms with Crippen molar-refractivity contribution in [1.82, 2.24) is 0 Å². The van der Waals surface area contributed by atoms with Gasteiger partial charge in [-0.1, -0.05) is 347 Å². The zero-order valence-electron chi connectivity index (χ0n) is 68.9. The molecule has 0 bridgehead atoms. The van der Waals surface area contributed by atoms with Gasteiger partial charge in [0.1, 0.15) is 25.4 Å². The van der Waals surface area contributed by atoms with E-state index in [2.05, 4.69) is 154 Å². The number of aliphatic hydroxyl groups is 2. The fourth-order valence-electron chi connectivity index (χ4n) is 11.8. The standard InChI is InChI=1S/C91H158O16P2/c1-4-7-10-13-16-19-22-25-27-29-31-33-35-37-39-41-42-44-46-47-49-51-53-55-57-60-62-65-68-71-74-77-89(94)101-80-86(92)81-103-108(97,98)104-82-87(93)83-105-109(99,100)106-85-88(107-91(96)79-76-73-70-67-64-59-24-21-18-15-12-9-6-3)84-102-90(95)78-75-72-69-66-63-61-58-56-54-52-50-48-45-43-40-38-36-34-32-30-28-26-23-20-17-14-11-8-5-2/h7-8,10-11,16-17,19-21,24-28,31-34,37-40,86-88,92-93H,4-6,9,12-15,18,22-23,29-30,35-36,41-85H2,1-3H3,(H,97,98)(H,99,100)/b10-7-,11-8-,19-16-,20-17-,24-21-,27-25-,28-26-,33-31-,34-32-,39-37-,40-38-. The van der Waals surface area contributed by atoms with Gasteiger partial charge in [-0.2, -0.15) is 0 Å². The Balaban J connectivity index is 4.43. The number of unbranched alkanes of at least 4 members (excludes halogenated alkanes) is 37. The normalized spacial score (nSPS) is 14.5. The van der Waals surface area contributed by atoms with Gasteiger partial charge in [0.2, 0.25) is 0 Å². The molecule has 0 saturated heterocycles. The number of carbonyl (C=O) groups excluding carboxylic acids is 3. The van der Waals surface area contributed by atoms with Crippen molar-refractivity contribution in [3.8, 4) is 0 Å². The van der Waals surface area contributed by atoms with Gasteiger partial charge in [0, 0.05) is 19.3 Å². The van der Waals surface area contributed by atoms with Gasteiger partial charge < -0.3 is 34.2 Å². The summed E-state index contributed by atoms with van der Waals surface area (Å²) < 4.78 is 61.3. The molecule has 0 aromatic carbocycles. The summed E-state index contributed by atoms with van der Waals surface area (Å²) in [6, 6.07) is 0. The number of esters is 3. The van der Waals surface area contributed by atoms with Crippen molar-refractivity contribution in [1.29, 1.82) is 0 Å². The summed E-state index contributed by atoms with van der Waals surface area (Å²) in [6.45, 7) is 2.47. The summed E-state index contributed by atoms with van der Waals surface area (Å²) in [5.74, 6) is -1.57. The number of carbonyl (C=O) groups is 3. The third kappa shape index (κ3) is 84.4. The fourth-order valence-corrected chi connectivity index (χ4v) is 13.4. The lowest BCUT2D eigenvalue weighted by molar-refractivity contribution is -0.161. The highest BCUT2D eigenvalue weighted by Gasteiger charge is 2.29. The second-order valence-electron chi connectivity index (χ2n) is 28.9.